The quantitative estimate of drug-likeness (QED) is 0.922. The smallest absolute Gasteiger partial charge is 0.410 e. The number of hydrogen-bond donors (Lipinski definition) is 1. The summed E-state index contributed by atoms with van der Waals surface area (Å²) in [5.41, 5.74) is 0.656. The van der Waals surface area contributed by atoms with Crippen LogP contribution in [0.2, 0.25) is 0 Å². The van der Waals surface area contributed by atoms with Crippen LogP contribution in [-0.4, -0.2) is 34.3 Å². The van der Waals surface area contributed by atoms with E-state index in [1.807, 2.05) is 32.9 Å². The number of rotatable bonds is 3. The largest absolute Gasteiger partial charge is 0.508 e. The number of aryl methyl sites for hydroxylation is 1. The zero-order valence-corrected chi connectivity index (χ0v) is 12.4. The van der Waals surface area contributed by atoms with Gasteiger partial charge in [-0.25, -0.2) is 4.79 Å². The molecule has 4 nitrogen and oxygen atoms in total. The van der Waals surface area contributed by atoms with E-state index in [9.17, 15) is 9.90 Å². The molecule has 1 aromatic rings. The van der Waals surface area contributed by atoms with Crippen LogP contribution in [0.1, 0.15) is 39.2 Å². The molecule has 0 saturated carbocycles. The zero-order valence-electron chi connectivity index (χ0n) is 12.4. The van der Waals surface area contributed by atoms with Crippen molar-refractivity contribution in [2.24, 2.45) is 0 Å². The molecule has 4 heteroatoms. The standard InChI is InChI=1S/C16H23NO3/c1-16(2,3)20-15(19)17-10-9-13(17)8-7-12-5-4-6-14(18)11-12/h4-6,11,13,18H,7-10H2,1-3H3. The van der Waals surface area contributed by atoms with Gasteiger partial charge >= 0.3 is 6.09 Å². The van der Waals surface area contributed by atoms with Gasteiger partial charge in [0, 0.05) is 12.6 Å². The second-order valence-corrected chi connectivity index (χ2v) is 6.32. The number of benzene rings is 1. The van der Waals surface area contributed by atoms with Gasteiger partial charge in [0.15, 0.2) is 0 Å². The van der Waals surface area contributed by atoms with Crippen LogP contribution in [-0.2, 0) is 11.2 Å². The number of carbonyl (C=O) groups excluding carboxylic acids is 1. The summed E-state index contributed by atoms with van der Waals surface area (Å²) in [6.07, 6.45) is 2.57. The van der Waals surface area contributed by atoms with Gasteiger partial charge in [0.25, 0.3) is 0 Å². The molecule has 20 heavy (non-hydrogen) atoms. The Bertz CT molecular complexity index is 479. The number of phenolic OH excluding ortho intramolecular Hbond substituents is 1. The minimum atomic E-state index is -0.442. The highest BCUT2D eigenvalue weighted by molar-refractivity contribution is 5.69. The van der Waals surface area contributed by atoms with E-state index in [1.54, 1.807) is 17.0 Å². The van der Waals surface area contributed by atoms with Crippen molar-refractivity contribution in [1.29, 1.82) is 0 Å². The number of hydrogen-bond acceptors (Lipinski definition) is 3. The number of likely N-dealkylation sites (tertiary alicyclic amines) is 1. The lowest BCUT2D eigenvalue weighted by molar-refractivity contribution is -0.00656. The first-order valence-corrected chi connectivity index (χ1v) is 7.13. The lowest BCUT2D eigenvalue weighted by atomic mass is 9.96. The zero-order chi connectivity index (χ0) is 14.8. The molecule has 1 heterocycles. The third-order valence-corrected chi connectivity index (χ3v) is 3.45. The van der Waals surface area contributed by atoms with Crippen molar-refractivity contribution >= 4 is 6.09 Å². The predicted molar refractivity (Wildman–Crippen MR) is 77.8 cm³/mol. The van der Waals surface area contributed by atoms with Gasteiger partial charge in [0.05, 0.1) is 0 Å². The monoisotopic (exact) mass is 277 g/mol. The van der Waals surface area contributed by atoms with Crippen LogP contribution >= 0.6 is 0 Å². The van der Waals surface area contributed by atoms with Crippen molar-refractivity contribution in [2.45, 2.75) is 51.7 Å². The second-order valence-electron chi connectivity index (χ2n) is 6.32. The molecular formula is C16H23NO3. The van der Waals surface area contributed by atoms with Gasteiger partial charge in [-0.3, -0.25) is 0 Å². The summed E-state index contributed by atoms with van der Waals surface area (Å²) in [6.45, 7) is 6.42. The SMILES string of the molecule is CC(C)(C)OC(=O)N1CCC1CCc1cccc(O)c1. The Morgan fingerprint density at radius 2 is 2.20 bits per heavy atom. The first kappa shape index (κ1) is 14.7. The number of aromatic hydroxyl groups is 1. The Labute approximate surface area is 120 Å². The number of ether oxygens (including phenoxy) is 1. The molecule has 0 radical (unpaired) electrons. The van der Waals surface area contributed by atoms with Gasteiger partial charge in [-0.15, -0.1) is 0 Å². The van der Waals surface area contributed by atoms with Gasteiger partial charge in [0.1, 0.15) is 11.4 Å². The van der Waals surface area contributed by atoms with E-state index in [1.165, 1.54) is 0 Å². The van der Waals surface area contributed by atoms with Gasteiger partial charge in [0.2, 0.25) is 0 Å². The molecule has 0 aromatic heterocycles. The molecule has 1 atom stereocenters. The highest BCUT2D eigenvalue weighted by atomic mass is 16.6. The lowest BCUT2D eigenvalue weighted by Crippen LogP contribution is -2.52. The second kappa shape index (κ2) is 5.73. The highest BCUT2D eigenvalue weighted by Gasteiger charge is 2.34. The van der Waals surface area contributed by atoms with Crippen LogP contribution in [0.25, 0.3) is 0 Å². The van der Waals surface area contributed by atoms with Crippen molar-refractivity contribution in [3.05, 3.63) is 29.8 Å². The van der Waals surface area contributed by atoms with Crippen LogP contribution in [0.3, 0.4) is 0 Å². The number of carbonyl (C=O) groups is 1. The van der Waals surface area contributed by atoms with Crippen molar-refractivity contribution in [1.82, 2.24) is 4.90 Å². The van der Waals surface area contributed by atoms with Crippen molar-refractivity contribution in [2.75, 3.05) is 6.54 Å². The summed E-state index contributed by atoms with van der Waals surface area (Å²) < 4.78 is 5.39. The summed E-state index contributed by atoms with van der Waals surface area (Å²) in [5.74, 6) is 0.292. The Kier molecular flexibility index (Phi) is 4.21. The third kappa shape index (κ3) is 3.89. The molecule has 1 N–H and O–H groups in total. The molecule has 1 aromatic carbocycles. The summed E-state index contributed by atoms with van der Waals surface area (Å²) in [5, 5.41) is 9.43. The van der Waals surface area contributed by atoms with E-state index in [4.69, 9.17) is 4.74 Å². The molecule has 1 unspecified atom stereocenters. The van der Waals surface area contributed by atoms with Crippen LogP contribution in [0.5, 0.6) is 5.75 Å². The fourth-order valence-electron chi connectivity index (χ4n) is 2.35. The average molecular weight is 277 g/mol. The summed E-state index contributed by atoms with van der Waals surface area (Å²) >= 11 is 0. The van der Waals surface area contributed by atoms with E-state index in [-0.39, 0.29) is 12.1 Å². The van der Waals surface area contributed by atoms with E-state index in [0.29, 0.717) is 5.75 Å². The summed E-state index contributed by atoms with van der Waals surface area (Å²) in [6, 6.07) is 7.54. The molecule has 0 spiro atoms. The summed E-state index contributed by atoms with van der Waals surface area (Å²) in [4.78, 5) is 13.8. The molecule has 1 aliphatic heterocycles. The van der Waals surface area contributed by atoms with E-state index in [2.05, 4.69) is 0 Å². The Hall–Kier alpha value is -1.71. The van der Waals surface area contributed by atoms with Crippen LogP contribution in [0.4, 0.5) is 4.79 Å². The Morgan fingerprint density at radius 1 is 1.45 bits per heavy atom. The fourth-order valence-corrected chi connectivity index (χ4v) is 2.35. The first-order valence-electron chi connectivity index (χ1n) is 7.13. The Morgan fingerprint density at radius 3 is 2.75 bits per heavy atom. The molecule has 1 saturated heterocycles. The fraction of sp³-hybridized carbons (Fsp3) is 0.562. The molecule has 0 aliphatic carbocycles. The van der Waals surface area contributed by atoms with Crippen LogP contribution in [0, 0.1) is 0 Å². The van der Waals surface area contributed by atoms with Gasteiger partial charge in [-0.1, -0.05) is 12.1 Å². The molecule has 110 valence electrons. The maximum Gasteiger partial charge on any atom is 0.410 e. The van der Waals surface area contributed by atoms with Crippen molar-refractivity contribution in [3.63, 3.8) is 0 Å². The van der Waals surface area contributed by atoms with Crippen LogP contribution < -0.4 is 0 Å². The van der Waals surface area contributed by atoms with Crippen molar-refractivity contribution in [3.8, 4) is 5.75 Å². The maximum atomic E-state index is 12.0. The lowest BCUT2D eigenvalue weighted by Gasteiger charge is -2.41. The van der Waals surface area contributed by atoms with E-state index in [0.717, 1.165) is 31.4 Å². The number of phenols is 1. The first-order chi connectivity index (χ1) is 9.35. The third-order valence-electron chi connectivity index (χ3n) is 3.45. The topological polar surface area (TPSA) is 49.8 Å². The molecule has 1 aliphatic rings. The number of amides is 1. The predicted octanol–water partition coefficient (Wildman–Crippen LogP) is 3.33. The summed E-state index contributed by atoms with van der Waals surface area (Å²) in [7, 11) is 0. The van der Waals surface area contributed by atoms with E-state index >= 15 is 0 Å². The minimum absolute atomic E-state index is 0.218. The molecule has 2 rings (SSSR count). The number of nitrogens with zero attached hydrogens (tertiary/aromatic N) is 1. The van der Waals surface area contributed by atoms with Crippen molar-refractivity contribution < 1.29 is 14.6 Å². The van der Waals surface area contributed by atoms with Crippen LogP contribution in [0.15, 0.2) is 24.3 Å². The molecule has 1 fully saturated rings. The average Bonchev–Trinajstić information content (AvgIpc) is 2.24. The molecular weight excluding hydrogens is 254 g/mol. The van der Waals surface area contributed by atoms with E-state index < -0.39 is 5.60 Å². The molecule has 0 bridgehead atoms. The van der Waals surface area contributed by atoms with Gasteiger partial charge < -0.3 is 14.7 Å². The highest BCUT2D eigenvalue weighted by Crippen LogP contribution is 2.25. The van der Waals surface area contributed by atoms with Gasteiger partial charge in [-0.2, -0.15) is 0 Å². The Balaban J connectivity index is 1.84. The van der Waals surface area contributed by atoms with Gasteiger partial charge in [-0.05, 0) is 57.7 Å². The maximum absolute atomic E-state index is 12.0. The minimum Gasteiger partial charge on any atom is -0.508 e. The molecule has 1 amide bonds. The normalized spacial score (nSPS) is 18.6.